The first-order valence-corrected chi connectivity index (χ1v) is 6.71. The van der Waals surface area contributed by atoms with Crippen LogP contribution in [0.2, 0.25) is 0 Å². The fourth-order valence-corrected chi connectivity index (χ4v) is 1.58. The van der Waals surface area contributed by atoms with Crippen molar-refractivity contribution in [1.29, 1.82) is 0 Å². The average molecular weight is 265 g/mol. The van der Waals surface area contributed by atoms with E-state index >= 15 is 0 Å². The van der Waals surface area contributed by atoms with E-state index in [1.807, 2.05) is 0 Å². The molecule has 1 aromatic carbocycles. The molecule has 0 bridgehead atoms. The molecule has 0 heterocycles. The van der Waals surface area contributed by atoms with Crippen molar-refractivity contribution in [1.82, 2.24) is 5.32 Å². The number of amides is 1. The Labute approximate surface area is 114 Å². The van der Waals surface area contributed by atoms with Gasteiger partial charge in [-0.05, 0) is 18.4 Å². The first-order chi connectivity index (χ1) is 9.09. The van der Waals surface area contributed by atoms with Gasteiger partial charge in [-0.3, -0.25) is 4.79 Å². The lowest BCUT2D eigenvalue weighted by atomic mass is 10.1. The zero-order chi connectivity index (χ0) is 14.1. The lowest BCUT2D eigenvalue weighted by Crippen LogP contribution is -2.28. The minimum absolute atomic E-state index is 0.103. The van der Waals surface area contributed by atoms with Gasteiger partial charge in [0.25, 0.3) is 0 Å². The zero-order valence-electron chi connectivity index (χ0n) is 11.7. The number of carbonyl (C=O) groups excluding carboxylic acids is 1. The Morgan fingerprint density at radius 2 is 2.05 bits per heavy atom. The van der Waals surface area contributed by atoms with E-state index in [1.165, 1.54) is 0 Å². The molecule has 0 unspecified atom stereocenters. The van der Waals surface area contributed by atoms with E-state index in [9.17, 15) is 9.90 Å². The molecule has 19 heavy (non-hydrogen) atoms. The number of hydrogen-bond acceptors (Lipinski definition) is 3. The average Bonchev–Trinajstić information content (AvgIpc) is 2.36. The Balaban J connectivity index is 2.13. The monoisotopic (exact) mass is 265 g/mol. The molecule has 4 nitrogen and oxygen atoms in total. The summed E-state index contributed by atoms with van der Waals surface area (Å²) in [5, 5.41) is 12.3. The maximum absolute atomic E-state index is 11.6. The Morgan fingerprint density at radius 1 is 1.32 bits per heavy atom. The molecule has 0 aliphatic heterocycles. The number of ether oxygens (including phenoxy) is 1. The van der Waals surface area contributed by atoms with E-state index in [-0.39, 0.29) is 18.1 Å². The van der Waals surface area contributed by atoms with Crippen LogP contribution in [0.1, 0.15) is 25.8 Å². The molecular formula is C15H23NO3. The van der Waals surface area contributed by atoms with Crippen LogP contribution in [-0.4, -0.2) is 30.8 Å². The zero-order valence-corrected chi connectivity index (χ0v) is 11.7. The van der Waals surface area contributed by atoms with Crippen molar-refractivity contribution in [2.75, 3.05) is 19.8 Å². The molecule has 1 aromatic rings. The Bertz CT molecular complexity index is 391. The predicted molar refractivity (Wildman–Crippen MR) is 75.1 cm³/mol. The highest BCUT2D eigenvalue weighted by atomic mass is 16.5. The van der Waals surface area contributed by atoms with Gasteiger partial charge in [0.2, 0.25) is 5.91 Å². The van der Waals surface area contributed by atoms with Crippen LogP contribution in [0.4, 0.5) is 0 Å². The van der Waals surface area contributed by atoms with Crippen molar-refractivity contribution in [2.24, 2.45) is 5.92 Å². The molecule has 1 amide bonds. The lowest BCUT2D eigenvalue weighted by Gasteiger charge is -2.08. The second-order valence-electron chi connectivity index (χ2n) is 4.95. The predicted octanol–water partition coefficient (Wildman–Crippen LogP) is 2.11. The Morgan fingerprint density at radius 3 is 2.74 bits per heavy atom. The third-order valence-electron chi connectivity index (χ3n) is 2.75. The van der Waals surface area contributed by atoms with Crippen molar-refractivity contribution in [3.63, 3.8) is 0 Å². The van der Waals surface area contributed by atoms with E-state index in [0.29, 0.717) is 24.6 Å². The summed E-state index contributed by atoms with van der Waals surface area (Å²) in [6, 6.07) is 6.86. The molecule has 0 aliphatic rings. The molecule has 0 radical (unpaired) electrons. The molecule has 2 N–H and O–H groups in total. The number of phenols is 1. The van der Waals surface area contributed by atoms with Crippen LogP contribution in [-0.2, 0) is 16.0 Å². The Hall–Kier alpha value is -1.55. The Kier molecular flexibility index (Phi) is 6.97. The standard InChI is InChI=1S/C15H23NO3/c1-12(2)7-9-19-10-8-16-15(18)11-13-5-3-4-6-14(13)17/h3-6,12,17H,7-11H2,1-2H3,(H,16,18). The highest BCUT2D eigenvalue weighted by Crippen LogP contribution is 2.15. The minimum Gasteiger partial charge on any atom is -0.508 e. The van der Waals surface area contributed by atoms with Crippen molar-refractivity contribution in [3.05, 3.63) is 29.8 Å². The van der Waals surface area contributed by atoms with Crippen molar-refractivity contribution < 1.29 is 14.6 Å². The van der Waals surface area contributed by atoms with E-state index in [4.69, 9.17) is 4.74 Å². The topological polar surface area (TPSA) is 58.6 Å². The van der Waals surface area contributed by atoms with E-state index < -0.39 is 0 Å². The number of carbonyl (C=O) groups is 1. The molecular weight excluding hydrogens is 242 g/mol. The highest BCUT2D eigenvalue weighted by Gasteiger charge is 2.06. The maximum atomic E-state index is 11.6. The van der Waals surface area contributed by atoms with Crippen LogP contribution >= 0.6 is 0 Å². The third kappa shape index (κ3) is 6.82. The van der Waals surface area contributed by atoms with Gasteiger partial charge in [0.05, 0.1) is 13.0 Å². The summed E-state index contributed by atoms with van der Waals surface area (Å²) in [4.78, 5) is 11.6. The molecule has 0 saturated carbocycles. The number of nitrogens with one attached hydrogen (secondary N) is 1. The van der Waals surface area contributed by atoms with Crippen LogP contribution in [0.5, 0.6) is 5.75 Å². The molecule has 0 spiro atoms. The first kappa shape index (κ1) is 15.5. The molecule has 0 atom stereocenters. The third-order valence-corrected chi connectivity index (χ3v) is 2.75. The molecule has 0 saturated heterocycles. The SMILES string of the molecule is CC(C)CCOCCNC(=O)Cc1ccccc1O. The van der Waals surface area contributed by atoms with Gasteiger partial charge in [0.1, 0.15) is 5.75 Å². The fourth-order valence-electron chi connectivity index (χ4n) is 1.58. The second-order valence-corrected chi connectivity index (χ2v) is 4.95. The van der Waals surface area contributed by atoms with Crippen LogP contribution in [0.25, 0.3) is 0 Å². The number of aromatic hydroxyl groups is 1. The number of phenolic OH excluding ortho intramolecular Hbond substituents is 1. The summed E-state index contributed by atoms with van der Waals surface area (Å²) in [7, 11) is 0. The van der Waals surface area contributed by atoms with Crippen LogP contribution < -0.4 is 5.32 Å². The van der Waals surface area contributed by atoms with Gasteiger partial charge in [-0.15, -0.1) is 0 Å². The highest BCUT2D eigenvalue weighted by molar-refractivity contribution is 5.79. The molecule has 0 fully saturated rings. The number of para-hydroxylation sites is 1. The molecule has 0 aromatic heterocycles. The van der Waals surface area contributed by atoms with Gasteiger partial charge in [0, 0.05) is 18.7 Å². The summed E-state index contributed by atoms with van der Waals surface area (Å²) in [6.45, 7) is 6.06. The second kappa shape index (κ2) is 8.53. The van der Waals surface area contributed by atoms with Gasteiger partial charge >= 0.3 is 0 Å². The van der Waals surface area contributed by atoms with Gasteiger partial charge in [-0.2, -0.15) is 0 Å². The summed E-state index contributed by atoms with van der Waals surface area (Å²) < 4.78 is 5.40. The molecule has 0 aliphatic carbocycles. The minimum atomic E-state index is -0.103. The van der Waals surface area contributed by atoms with Gasteiger partial charge in [0.15, 0.2) is 0 Å². The summed E-state index contributed by atoms with van der Waals surface area (Å²) in [5.74, 6) is 0.690. The summed E-state index contributed by atoms with van der Waals surface area (Å²) >= 11 is 0. The smallest absolute Gasteiger partial charge is 0.224 e. The summed E-state index contributed by atoms with van der Waals surface area (Å²) in [6.07, 6.45) is 1.23. The lowest BCUT2D eigenvalue weighted by molar-refractivity contribution is -0.120. The van der Waals surface area contributed by atoms with Crippen molar-refractivity contribution in [3.8, 4) is 5.75 Å². The van der Waals surface area contributed by atoms with E-state index in [0.717, 1.165) is 13.0 Å². The first-order valence-electron chi connectivity index (χ1n) is 6.71. The number of rotatable bonds is 8. The largest absolute Gasteiger partial charge is 0.508 e. The van der Waals surface area contributed by atoms with Gasteiger partial charge in [-0.25, -0.2) is 0 Å². The molecule has 4 heteroatoms. The van der Waals surface area contributed by atoms with E-state index in [1.54, 1.807) is 24.3 Å². The molecule has 1 rings (SSSR count). The maximum Gasteiger partial charge on any atom is 0.224 e. The number of benzene rings is 1. The normalized spacial score (nSPS) is 10.7. The van der Waals surface area contributed by atoms with Gasteiger partial charge in [-0.1, -0.05) is 32.0 Å². The number of hydrogen-bond donors (Lipinski definition) is 2. The van der Waals surface area contributed by atoms with Crippen molar-refractivity contribution in [2.45, 2.75) is 26.7 Å². The van der Waals surface area contributed by atoms with Crippen LogP contribution in [0.15, 0.2) is 24.3 Å². The van der Waals surface area contributed by atoms with E-state index in [2.05, 4.69) is 19.2 Å². The van der Waals surface area contributed by atoms with Crippen molar-refractivity contribution >= 4 is 5.91 Å². The molecule has 106 valence electrons. The van der Waals surface area contributed by atoms with Crippen LogP contribution in [0.3, 0.4) is 0 Å². The quantitative estimate of drug-likeness (QED) is 0.708. The summed E-state index contributed by atoms with van der Waals surface area (Å²) in [5.41, 5.74) is 0.640. The van der Waals surface area contributed by atoms with Gasteiger partial charge < -0.3 is 15.2 Å². The van der Waals surface area contributed by atoms with Crippen LogP contribution in [0, 0.1) is 5.92 Å². The fraction of sp³-hybridized carbons (Fsp3) is 0.533.